The summed E-state index contributed by atoms with van der Waals surface area (Å²) in [5, 5.41) is 3.58. The molecular formula is C22H15Cl2F7N2O2. The fourth-order valence-electron chi connectivity index (χ4n) is 4.01. The number of amides is 1. The maximum Gasteiger partial charge on any atom is 0.435 e. The summed E-state index contributed by atoms with van der Waals surface area (Å²) in [5.41, 5.74) is -5.00. The van der Waals surface area contributed by atoms with Gasteiger partial charge in [0.25, 0.3) is 5.60 Å². The van der Waals surface area contributed by atoms with Gasteiger partial charge in [-0.25, -0.2) is 4.39 Å². The second-order valence-electron chi connectivity index (χ2n) is 8.37. The minimum atomic E-state index is -4.88. The summed E-state index contributed by atoms with van der Waals surface area (Å²) in [6.45, 7) is -1.12. The van der Waals surface area contributed by atoms with Crippen molar-refractivity contribution >= 4 is 34.8 Å². The quantitative estimate of drug-likeness (QED) is 0.412. The van der Waals surface area contributed by atoms with Gasteiger partial charge in [0, 0.05) is 22.0 Å². The number of halogens is 9. The lowest BCUT2D eigenvalue weighted by Crippen LogP contribution is -2.59. The van der Waals surface area contributed by atoms with Crippen LogP contribution >= 0.6 is 23.2 Å². The highest BCUT2D eigenvalue weighted by atomic mass is 35.5. The Morgan fingerprint density at radius 2 is 1.54 bits per heavy atom. The molecular weight excluding hydrogens is 528 g/mol. The van der Waals surface area contributed by atoms with Gasteiger partial charge in [0.2, 0.25) is 5.91 Å². The molecule has 1 saturated heterocycles. The molecule has 0 saturated carbocycles. The molecule has 0 aromatic heterocycles. The number of oxime groups is 1. The monoisotopic (exact) mass is 542 g/mol. The Kier molecular flexibility index (Phi) is 6.24. The Morgan fingerprint density at radius 3 is 2.06 bits per heavy atom. The number of carbonyl (C=O) groups is 1. The predicted octanol–water partition coefficient (Wildman–Crippen LogP) is 6.54. The Bertz CT molecular complexity index is 1160. The molecule has 188 valence electrons. The predicted molar refractivity (Wildman–Crippen MR) is 113 cm³/mol. The average Bonchev–Trinajstić information content (AvgIpc) is 3.16. The summed E-state index contributed by atoms with van der Waals surface area (Å²) in [6, 6.07) is 8.67. The van der Waals surface area contributed by atoms with E-state index in [2.05, 4.69) is 5.16 Å². The van der Waals surface area contributed by atoms with E-state index in [1.165, 1.54) is 30.3 Å². The number of hydrogen-bond donors (Lipinski definition) is 0. The van der Waals surface area contributed by atoms with Gasteiger partial charge in [-0.3, -0.25) is 4.79 Å². The zero-order chi connectivity index (χ0) is 25.8. The summed E-state index contributed by atoms with van der Waals surface area (Å²) in [5.74, 6) is -1.23. The molecule has 2 heterocycles. The van der Waals surface area contributed by atoms with Gasteiger partial charge in [0.15, 0.2) is 5.67 Å². The molecule has 13 heteroatoms. The third kappa shape index (κ3) is 4.93. The zero-order valence-electron chi connectivity index (χ0n) is 17.5. The highest BCUT2D eigenvalue weighted by molar-refractivity contribution is 6.34. The first-order chi connectivity index (χ1) is 16.1. The van der Waals surface area contributed by atoms with Crippen molar-refractivity contribution in [2.75, 3.05) is 13.1 Å². The van der Waals surface area contributed by atoms with Gasteiger partial charge in [0.05, 0.1) is 18.8 Å². The minimum Gasteiger partial charge on any atom is -0.374 e. The third-order valence-corrected chi connectivity index (χ3v) is 6.27. The number of likely N-dealkylation sites (tertiary alicyclic amines) is 1. The van der Waals surface area contributed by atoms with Crippen molar-refractivity contribution in [1.29, 1.82) is 0 Å². The fraction of sp³-hybridized carbons (Fsp3) is 0.364. The van der Waals surface area contributed by atoms with Crippen LogP contribution in [0.2, 0.25) is 10.0 Å². The SMILES string of the molecule is O=C(CC(F)(F)F)N1CC(F)(c2ccc(C3=NOC(c4cc(Cl)cc(Cl)c4)(C(F)(F)F)C3)cc2)C1. The van der Waals surface area contributed by atoms with E-state index in [9.17, 15) is 31.1 Å². The summed E-state index contributed by atoms with van der Waals surface area (Å²) in [6.07, 6.45) is -12.0. The molecule has 1 amide bonds. The Hall–Kier alpha value is -2.53. The molecule has 1 unspecified atom stereocenters. The fourth-order valence-corrected chi connectivity index (χ4v) is 4.53. The van der Waals surface area contributed by atoms with Gasteiger partial charge in [-0.05, 0) is 29.3 Å². The standard InChI is InChI=1S/C22H15Cl2F7N2O2/c23-15-5-14(6-16(24)7-15)20(22(29,30)31)8-17(32-35-20)12-1-3-13(4-2-12)19(25)10-33(11-19)18(34)9-21(26,27)28/h1-7H,8-11H2. The van der Waals surface area contributed by atoms with Gasteiger partial charge < -0.3 is 9.74 Å². The number of rotatable bonds is 4. The highest BCUT2D eigenvalue weighted by Gasteiger charge is 2.62. The molecule has 2 aliphatic heterocycles. The van der Waals surface area contributed by atoms with Crippen LogP contribution in [-0.2, 0) is 20.9 Å². The van der Waals surface area contributed by atoms with E-state index in [0.717, 1.165) is 17.0 Å². The number of carbonyl (C=O) groups excluding carboxylic acids is 1. The average molecular weight is 543 g/mol. The second-order valence-corrected chi connectivity index (χ2v) is 9.25. The van der Waals surface area contributed by atoms with Crippen LogP contribution in [0.3, 0.4) is 0 Å². The van der Waals surface area contributed by atoms with Gasteiger partial charge in [-0.1, -0.05) is 52.6 Å². The van der Waals surface area contributed by atoms with E-state index in [1.54, 1.807) is 0 Å². The molecule has 35 heavy (non-hydrogen) atoms. The highest BCUT2D eigenvalue weighted by Crippen LogP contribution is 2.50. The van der Waals surface area contributed by atoms with Crippen LogP contribution in [0, 0.1) is 0 Å². The van der Waals surface area contributed by atoms with E-state index in [0.29, 0.717) is 0 Å². The molecule has 4 nitrogen and oxygen atoms in total. The Balaban J connectivity index is 1.50. The second kappa shape index (κ2) is 8.55. The lowest BCUT2D eigenvalue weighted by atomic mass is 9.84. The molecule has 0 radical (unpaired) electrons. The summed E-state index contributed by atoms with van der Waals surface area (Å²) < 4.78 is 94.4. The molecule has 0 spiro atoms. The van der Waals surface area contributed by atoms with Crippen molar-refractivity contribution in [3.05, 3.63) is 69.2 Å². The first-order valence-electron chi connectivity index (χ1n) is 10.0. The maximum absolute atomic E-state index is 15.1. The van der Waals surface area contributed by atoms with Gasteiger partial charge >= 0.3 is 12.4 Å². The van der Waals surface area contributed by atoms with Crippen LogP contribution < -0.4 is 0 Å². The van der Waals surface area contributed by atoms with Crippen molar-refractivity contribution in [1.82, 2.24) is 4.90 Å². The van der Waals surface area contributed by atoms with Gasteiger partial charge in [0.1, 0.15) is 6.42 Å². The molecule has 2 aromatic rings. The van der Waals surface area contributed by atoms with E-state index in [-0.39, 0.29) is 32.4 Å². The molecule has 0 aliphatic carbocycles. The third-order valence-electron chi connectivity index (χ3n) is 5.84. The van der Waals surface area contributed by atoms with Crippen molar-refractivity contribution < 1.29 is 40.4 Å². The van der Waals surface area contributed by atoms with Crippen LogP contribution in [0.15, 0.2) is 47.6 Å². The topological polar surface area (TPSA) is 41.9 Å². The lowest BCUT2D eigenvalue weighted by molar-refractivity contribution is -0.275. The number of hydrogen-bond acceptors (Lipinski definition) is 3. The van der Waals surface area contributed by atoms with Gasteiger partial charge in [-0.15, -0.1) is 0 Å². The minimum absolute atomic E-state index is 0.0194. The smallest absolute Gasteiger partial charge is 0.374 e. The van der Waals surface area contributed by atoms with Crippen molar-refractivity contribution in [3.63, 3.8) is 0 Å². The van der Waals surface area contributed by atoms with Crippen LogP contribution in [0.4, 0.5) is 30.7 Å². The van der Waals surface area contributed by atoms with Crippen LogP contribution in [-0.4, -0.2) is 42.0 Å². The molecule has 2 aromatic carbocycles. The number of benzene rings is 2. The molecule has 0 bridgehead atoms. The summed E-state index contributed by atoms with van der Waals surface area (Å²) >= 11 is 11.7. The zero-order valence-corrected chi connectivity index (χ0v) is 19.0. The molecule has 2 aliphatic rings. The van der Waals surface area contributed by atoms with Crippen molar-refractivity contribution in [2.24, 2.45) is 5.16 Å². The van der Waals surface area contributed by atoms with E-state index < -0.39 is 55.5 Å². The lowest BCUT2D eigenvalue weighted by Gasteiger charge is -2.44. The van der Waals surface area contributed by atoms with Crippen LogP contribution in [0.25, 0.3) is 0 Å². The largest absolute Gasteiger partial charge is 0.435 e. The Labute approximate surface area is 204 Å². The first kappa shape index (κ1) is 25.6. The normalized spacial score (nSPS) is 21.9. The van der Waals surface area contributed by atoms with Crippen molar-refractivity contribution in [2.45, 2.75) is 36.5 Å². The van der Waals surface area contributed by atoms with E-state index in [1.807, 2.05) is 0 Å². The Morgan fingerprint density at radius 1 is 0.971 bits per heavy atom. The number of nitrogens with zero attached hydrogens (tertiary/aromatic N) is 2. The van der Waals surface area contributed by atoms with Gasteiger partial charge in [-0.2, -0.15) is 26.3 Å². The molecule has 1 atom stereocenters. The van der Waals surface area contributed by atoms with E-state index >= 15 is 4.39 Å². The molecule has 1 fully saturated rings. The van der Waals surface area contributed by atoms with Crippen molar-refractivity contribution in [3.8, 4) is 0 Å². The molecule has 0 N–H and O–H groups in total. The first-order valence-corrected chi connectivity index (χ1v) is 10.8. The van der Waals surface area contributed by atoms with Crippen LogP contribution in [0.5, 0.6) is 0 Å². The summed E-state index contributed by atoms with van der Waals surface area (Å²) in [7, 11) is 0. The maximum atomic E-state index is 15.1. The summed E-state index contributed by atoms with van der Waals surface area (Å²) in [4.78, 5) is 17.3. The molecule has 4 rings (SSSR count). The van der Waals surface area contributed by atoms with Crippen LogP contribution in [0.1, 0.15) is 29.5 Å². The number of alkyl halides is 7. The van der Waals surface area contributed by atoms with E-state index in [4.69, 9.17) is 28.0 Å².